The molecule has 2 aromatic heterocycles. The van der Waals surface area contributed by atoms with Gasteiger partial charge in [0.25, 0.3) is 0 Å². The monoisotopic (exact) mass is 423 g/mol. The minimum atomic E-state index is -0.299. The topological polar surface area (TPSA) is 75.4 Å². The van der Waals surface area contributed by atoms with Gasteiger partial charge in [-0.15, -0.1) is 16.5 Å². The average Bonchev–Trinajstić information content (AvgIpc) is 3.44. The van der Waals surface area contributed by atoms with Gasteiger partial charge in [-0.1, -0.05) is 78.9 Å². The molecule has 7 heteroatoms. The lowest BCUT2D eigenvalue weighted by Crippen LogP contribution is -2.13. The smallest absolute Gasteiger partial charge is 0.286 e. The summed E-state index contributed by atoms with van der Waals surface area (Å²) in [5.41, 5.74) is 3.88. The van der Waals surface area contributed by atoms with E-state index >= 15 is 0 Å². The number of aromatic nitrogens is 3. The van der Waals surface area contributed by atoms with Gasteiger partial charge in [-0.05, 0) is 12.1 Å². The van der Waals surface area contributed by atoms with Crippen LogP contribution in [0.15, 0.2) is 111 Å². The lowest BCUT2D eigenvalue weighted by Gasteiger charge is -1.99. The van der Waals surface area contributed by atoms with E-state index in [4.69, 9.17) is 0 Å². The molecule has 5 aromatic rings. The fraction of sp³-hybridized carbons (Fsp3) is 0. The molecule has 6 nitrogen and oxygen atoms in total. The summed E-state index contributed by atoms with van der Waals surface area (Å²) in [6.45, 7) is 0. The van der Waals surface area contributed by atoms with Crippen LogP contribution < -0.4 is 5.56 Å². The van der Waals surface area contributed by atoms with Crippen molar-refractivity contribution in [3.05, 3.63) is 107 Å². The third kappa shape index (κ3) is 3.86. The zero-order valence-electron chi connectivity index (χ0n) is 16.3. The summed E-state index contributed by atoms with van der Waals surface area (Å²) in [6.07, 6.45) is 0. The van der Waals surface area contributed by atoms with E-state index in [1.807, 2.05) is 96.4 Å². The van der Waals surface area contributed by atoms with Gasteiger partial charge in [-0.25, -0.2) is 4.98 Å². The third-order valence-electron chi connectivity index (χ3n) is 4.70. The Bertz CT molecular complexity index is 1390. The zero-order chi connectivity index (χ0) is 21.0. The van der Waals surface area contributed by atoms with Gasteiger partial charge in [0.2, 0.25) is 5.13 Å². The number of aromatic amines is 1. The molecule has 0 aliphatic carbocycles. The lowest BCUT2D eigenvalue weighted by molar-refractivity contribution is 0.843. The van der Waals surface area contributed by atoms with Crippen LogP contribution in [-0.4, -0.2) is 14.8 Å². The first-order chi connectivity index (χ1) is 15.3. The van der Waals surface area contributed by atoms with E-state index in [9.17, 15) is 4.79 Å². The Balaban J connectivity index is 1.61. The van der Waals surface area contributed by atoms with E-state index in [0.717, 1.165) is 16.8 Å². The van der Waals surface area contributed by atoms with Gasteiger partial charge in [-0.3, -0.25) is 9.89 Å². The van der Waals surface area contributed by atoms with Crippen molar-refractivity contribution in [1.82, 2.24) is 14.8 Å². The predicted molar refractivity (Wildman–Crippen MR) is 124 cm³/mol. The van der Waals surface area contributed by atoms with Crippen LogP contribution in [0.3, 0.4) is 0 Å². The van der Waals surface area contributed by atoms with Crippen LogP contribution in [-0.2, 0) is 0 Å². The van der Waals surface area contributed by atoms with Crippen LogP contribution >= 0.6 is 11.3 Å². The number of hydrogen-bond acceptors (Lipinski definition) is 5. The van der Waals surface area contributed by atoms with Crippen molar-refractivity contribution in [1.29, 1.82) is 0 Å². The van der Waals surface area contributed by atoms with Crippen LogP contribution in [0, 0.1) is 0 Å². The number of hydrogen-bond donors (Lipinski definition) is 1. The number of nitrogens with zero attached hydrogens (tertiary/aromatic N) is 4. The highest BCUT2D eigenvalue weighted by atomic mass is 32.1. The molecule has 0 amide bonds. The van der Waals surface area contributed by atoms with Crippen molar-refractivity contribution in [2.24, 2.45) is 10.2 Å². The van der Waals surface area contributed by atoms with E-state index in [-0.39, 0.29) is 11.2 Å². The van der Waals surface area contributed by atoms with Crippen molar-refractivity contribution in [2.45, 2.75) is 0 Å². The van der Waals surface area contributed by atoms with Gasteiger partial charge in [0.15, 0.2) is 5.69 Å². The molecule has 0 aliphatic rings. The molecular weight excluding hydrogens is 406 g/mol. The Morgan fingerprint density at radius 1 is 0.774 bits per heavy atom. The van der Waals surface area contributed by atoms with Crippen LogP contribution in [0.2, 0.25) is 0 Å². The molecule has 0 bridgehead atoms. The summed E-state index contributed by atoms with van der Waals surface area (Å²) in [5.74, 6) is 0. The number of nitrogens with one attached hydrogen (secondary N) is 1. The second-order valence-electron chi connectivity index (χ2n) is 6.76. The van der Waals surface area contributed by atoms with Crippen molar-refractivity contribution in [3.8, 4) is 27.6 Å². The molecule has 0 aliphatic heterocycles. The number of H-pyrrole nitrogens is 1. The van der Waals surface area contributed by atoms with Gasteiger partial charge in [0.05, 0.1) is 17.1 Å². The maximum absolute atomic E-state index is 13.3. The molecule has 3 aromatic carbocycles. The standard InChI is InChI=1S/C24H17N5OS/c30-23-22(27-26-19-14-8-3-9-15-19)21(18-12-6-2-7-13-18)28-29(23)24-25-20(16-31-24)17-10-4-1-5-11-17/h1-16,28H. The first kappa shape index (κ1) is 18.9. The number of thiazole rings is 1. The largest absolute Gasteiger partial charge is 0.301 e. The van der Waals surface area contributed by atoms with Crippen molar-refractivity contribution < 1.29 is 0 Å². The normalized spacial score (nSPS) is 11.2. The zero-order valence-corrected chi connectivity index (χ0v) is 17.2. The van der Waals surface area contributed by atoms with Gasteiger partial charge in [0.1, 0.15) is 0 Å². The Kier molecular flexibility index (Phi) is 5.08. The minimum Gasteiger partial charge on any atom is -0.286 e. The van der Waals surface area contributed by atoms with Crippen LogP contribution in [0.5, 0.6) is 0 Å². The molecule has 0 radical (unpaired) electrons. The van der Waals surface area contributed by atoms with Crippen LogP contribution in [0.1, 0.15) is 0 Å². The van der Waals surface area contributed by atoms with Gasteiger partial charge in [0, 0.05) is 16.5 Å². The molecule has 0 atom stereocenters. The molecule has 150 valence electrons. The maximum Gasteiger partial charge on any atom is 0.301 e. The second kappa shape index (κ2) is 8.33. The van der Waals surface area contributed by atoms with Gasteiger partial charge in [-0.2, -0.15) is 9.80 Å². The average molecular weight is 424 g/mol. The maximum atomic E-state index is 13.3. The second-order valence-corrected chi connectivity index (χ2v) is 7.60. The summed E-state index contributed by atoms with van der Waals surface area (Å²) in [7, 11) is 0. The van der Waals surface area contributed by atoms with Gasteiger partial charge < -0.3 is 0 Å². The number of azo groups is 1. The molecule has 0 saturated heterocycles. The third-order valence-corrected chi connectivity index (χ3v) is 5.53. The van der Waals surface area contributed by atoms with E-state index in [2.05, 4.69) is 20.3 Å². The fourth-order valence-electron chi connectivity index (χ4n) is 3.17. The fourth-order valence-corrected chi connectivity index (χ4v) is 3.96. The molecule has 0 spiro atoms. The summed E-state index contributed by atoms with van der Waals surface area (Å²) in [5, 5.41) is 14.2. The predicted octanol–water partition coefficient (Wildman–Crippen LogP) is 6.37. The molecule has 2 heterocycles. The molecule has 1 N–H and O–H groups in total. The first-order valence-electron chi connectivity index (χ1n) is 9.68. The van der Waals surface area contributed by atoms with Crippen LogP contribution in [0.4, 0.5) is 11.4 Å². The minimum absolute atomic E-state index is 0.242. The van der Waals surface area contributed by atoms with E-state index in [1.165, 1.54) is 16.0 Å². The van der Waals surface area contributed by atoms with Crippen LogP contribution in [0.25, 0.3) is 27.6 Å². The highest BCUT2D eigenvalue weighted by Crippen LogP contribution is 2.29. The summed E-state index contributed by atoms with van der Waals surface area (Å²) in [6, 6.07) is 28.8. The van der Waals surface area contributed by atoms with E-state index < -0.39 is 0 Å². The number of rotatable bonds is 5. The SMILES string of the molecule is O=c1c(N=Nc2ccccc2)c(-c2ccccc2)[nH]n1-c1nc(-c2ccccc2)cs1. The Labute approximate surface area is 182 Å². The quantitative estimate of drug-likeness (QED) is 0.333. The van der Waals surface area contributed by atoms with Gasteiger partial charge >= 0.3 is 5.56 Å². The van der Waals surface area contributed by atoms with Crippen molar-refractivity contribution >= 4 is 22.7 Å². The van der Waals surface area contributed by atoms with E-state index in [1.54, 1.807) is 0 Å². The first-order valence-corrected chi connectivity index (χ1v) is 10.6. The Hall–Kier alpha value is -4.10. The highest BCUT2D eigenvalue weighted by Gasteiger charge is 2.19. The lowest BCUT2D eigenvalue weighted by atomic mass is 10.1. The summed E-state index contributed by atoms with van der Waals surface area (Å²) >= 11 is 1.39. The van der Waals surface area contributed by atoms with E-state index in [0.29, 0.717) is 16.5 Å². The van der Waals surface area contributed by atoms with Crippen molar-refractivity contribution in [3.63, 3.8) is 0 Å². The highest BCUT2D eigenvalue weighted by molar-refractivity contribution is 7.12. The Morgan fingerprint density at radius 3 is 2.06 bits per heavy atom. The molecular formula is C24H17N5OS. The summed E-state index contributed by atoms with van der Waals surface area (Å²) < 4.78 is 1.43. The molecule has 0 saturated carbocycles. The molecule has 5 rings (SSSR count). The number of benzene rings is 3. The summed E-state index contributed by atoms with van der Waals surface area (Å²) in [4.78, 5) is 17.9. The van der Waals surface area contributed by atoms with Crippen molar-refractivity contribution in [2.75, 3.05) is 0 Å². The Morgan fingerprint density at radius 2 is 1.39 bits per heavy atom. The molecule has 0 fully saturated rings. The molecule has 31 heavy (non-hydrogen) atoms. The molecule has 0 unspecified atom stereocenters.